The summed E-state index contributed by atoms with van der Waals surface area (Å²) in [6.45, 7) is 0. The topological polar surface area (TPSA) is 30.7 Å². The highest BCUT2D eigenvalue weighted by Gasteiger charge is 2.31. The molecule has 1 aromatic heterocycles. The third kappa shape index (κ3) is 3.54. The molecule has 128 valence electrons. The lowest BCUT2D eigenvalue weighted by Gasteiger charge is -2.11. The highest BCUT2D eigenvalue weighted by Crippen LogP contribution is 2.41. The summed E-state index contributed by atoms with van der Waals surface area (Å²) in [4.78, 5) is 0. The maximum absolute atomic E-state index is 13.7. The van der Waals surface area contributed by atoms with E-state index in [0.29, 0.717) is 26.9 Å². The van der Waals surface area contributed by atoms with E-state index in [1.165, 1.54) is 23.9 Å². The van der Waals surface area contributed by atoms with Gasteiger partial charge in [-0.3, -0.25) is 4.57 Å². The van der Waals surface area contributed by atoms with Crippen molar-refractivity contribution in [3.05, 3.63) is 69.7 Å². The van der Waals surface area contributed by atoms with Crippen LogP contribution >= 0.6 is 35.0 Å². The third-order valence-corrected chi connectivity index (χ3v) is 5.74. The minimum atomic E-state index is -0.280. The molecule has 1 heterocycles. The quantitative estimate of drug-likeness (QED) is 0.506. The third-order valence-electron chi connectivity index (χ3n) is 4.07. The average Bonchev–Trinajstić information content (AvgIpc) is 3.34. The standard InChI is InChI=1S/C18H14Cl2FN3S/c19-15-5-2-6-16(20)14(15)10-25-18-23-22-17(11-7-8-11)24(18)13-4-1-3-12(21)9-13/h1-6,9,11H,7-8,10H2. The van der Waals surface area contributed by atoms with Crippen molar-refractivity contribution < 1.29 is 4.39 Å². The van der Waals surface area contributed by atoms with Crippen molar-refractivity contribution in [2.24, 2.45) is 0 Å². The largest absolute Gasteiger partial charge is 0.274 e. The first kappa shape index (κ1) is 16.9. The highest BCUT2D eigenvalue weighted by atomic mass is 35.5. The Hall–Kier alpha value is -1.56. The number of aromatic nitrogens is 3. The predicted molar refractivity (Wildman–Crippen MR) is 99.3 cm³/mol. The van der Waals surface area contributed by atoms with Crippen molar-refractivity contribution in [3.63, 3.8) is 0 Å². The molecular weight excluding hydrogens is 380 g/mol. The number of thioether (sulfide) groups is 1. The van der Waals surface area contributed by atoms with Crippen LogP contribution in [0.2, 0.25) is 10.0 Å². The maximum atomic E-state index is 13.7. The Morgan fingerprint density at radius 1 is 1.08 bits per heavy atom. The minimum absolute atomic E-state index is 0.280. The van der Waals surface area contributed by atoms with Crippen molar-refractivity contribution in [1.29, 1.82) is 0 Å². The molecule has 0 spiro atoms. The summed E-state index contributed by atoms with van der Waals surface area (Å²) in [6.07, 6.45) is 2.18. The molecular formula is C18H14Cl2FN3S. The molecule has 1 saturated carbocycles. The van der Waals surface area contributed by atoms with Gasteiger partial charge in [0.25, 0.3) is 0 Å². The van der Waals surface area contributed by atoms with Crippen LogP contribution in [-0.4, -0.2) is 14.8 Å². The molecule has 1 fully saturated rings. The number of halogens is 3. The summed E-state index contributed by atoms with van der Waals surface area (Å²) in [5.41, 5.74) is 1.59. The maximum Gasteiger partial charge on any atom is 0.196 e. The first-order chi connectivity index (χ1) is 12.1. The van der Waals surface area contributed by atoms with E-state index in [1.54, 1.807) is 6.07 Å². The Morgan fingerprint density at radius 3 is 2.48 bits per heavy atom. The molecule has 0 bridgehead atoms. The zero-order valence-electron chi connectivity index (χ0n) is 13.1. The minimum Gasteiger partial charge on any atom is -0.274 e. The monoisotopic (exact) mass is 393 g/mol. The second kappa shape index (κ2) is 6.98. The number of hydrogen-bond donors (Lipinski definition) is 0. The van der Waals surface area contributed by atoms with Crippen LogP contribution in [0.15, 0.2) is 47.6 Å². The van der Waals surface area contributed by atoms with Crippen LogP contribution in [-0.2, 0) is 5.75 Å². The van der Waals surface area contributed by atoms with Crippen LogP contribution in [0.4, 0.5) is 4.39 Å². The van der Waals surface area contributed by atoms with Gasteiger partial charge in [-0.1, -0.05) is 47.1 Å². The molecule has 25 heavy (non-hydrogen) atoms. The highest BCUT2D eigenvalue weighted by molar-refractivity contribution is 7.98. The van der Waals surface area contributed by atoms with E-state index < -0.39 is 0 Å². The van der Waals surface area contributed by atoms with Crippen LogP contribution < -0.4 is 0 Å². The predicted octanol–water partition coefficient (Wildman–Crippen LogP) is 5.88. The first-order valence-corrected chi connectivity index (χ1v) is 9.64. The van der Waals surface area contributed by atoms with Gasteiger partial charge in [0.1, 0.15) is 11.6 Å². The van der Waals surface area contributed by atoms with Crippen LogP contribution in [0.25, 0.3) is 5.69 Å². The fraction of sp³-hybridized carbons (Fsp3) is 0.222. The first-order valence-electron chi connectivity index (χ1n) is 7.90. The summed E-state index contributed by atoms with van der Waals surface area (Å²) >= 11 is 14.0. The molecule has 0 aliphatic heterocycles. The molecule has 1 aliphatic carbocycles. The molecule has 4 rings (SSSR count). The molecule has 0 saturated heterocycles. The average molecular weight is 394 g/mol. The van der Waals surface area contributed by atoms with E-state index in [9.17, 15) is 4.39 Å². The Balaban J connectivity index is 1.68. The molecule has 0 atom stereocenters. The molecule has 3 nitrogen and oxygen atoms in total. The van der Waals surface area contributed by atoms with Crippen LogP contribution in [0.3, 0.4) is 0 Å². The van der Waals surface area contributed by atoms with Gasteiger partial charge in [0.05, 0.1) is 5.69 Å². The molecule has 7 heteroatoms. The van der Waals surface area contributed by atoms with Gasteiger partial charge in [-0.25, -0.2) is 4.39 Å². The Morgan fingerprint density at radius 2 is 1.80 bits per heavy atom. The van der Waals surface area contributed by atoms with E-state index in [-0.39, 0.29) is 5.82 Å². The summed E-state index contributed by atoms with van der Waals surface area (Å²) in [6, 6.07) is 11.9. The lowest BCUT2D eigenvalue weighted by molar-refractivity contribution is 0.625. The normalized spacial score (nSPS) is 14.0. The van der Waals surface area contributed by atoms with Crippen molar-refractivity contribution in [2.45, 2.75) is 29.7 Å². The van der Waals surface area contributed by atoms with Crippen LogP contribution in [0.1, 0.15) is 30.1 Å². The number of benzene rings is 2. The van der Waals surface area contributed by atoms with Gasteiger partial charge in [0.15, 0.2) is 5.16 Å². The molecule has 0 N–H and O–H groups in total. The van der Waals surface area contributed by atoms with Gasteiger partial charge in [-0.05, 0) is 48.7 Å². The zero-order valence-corrected chi connectivity index (χ0v) is 15.5. The van der Waals surface area contributed by atoms with Crippen LogP contribution in [0, 0.1) is 5.82 Å². The second-order valence-electron chi connectivity index (χ2n) is 5.92. The molecule has 0 amide bonds. The smallest absolute Gasteiger partial charge is 0.196 e. The van der Waals surface area contributed by atoms with E-state index in [4.69, 9.17) is 23.2 Å². The number of hydrogen-bond acceptors (Lipinski definition) is 3. The van der Waals surface area contributed by atoms with Crippen LogP contribution in [0.5, 0.6) is 0 Å². The zero-order chi connectivity index (χ0) is 17.4. The van der Waals surface area contributed by atoms with Gasteiger partial charge in [-0.15, -0.1) is 10.2 Å². The van der Waals surface area contributed by atoms with Crippen molar-refractivity contribution in [1.82, 2.24) is 14.8 Å². The van der Waals surface area contributed by atoms with Gasteiger partial charge in [0, 0.05) is 21.7 Å². The van der Waals surface area contributed by atoms with Gasteiger partial charge < -0.3 is 0 Å². The molecule has 1 aliphatic rings. The SMILES string of the molecule is Fc1cccc(-n2c(SCc3c(Cl)cccc3Cl)nnc2C2CC2)c1. The van der Waals surface area contributed by atoms with Crippen molar-refractivity contribution >= 4 is 35.0 Å². The van der Waals surface area contributed by atoms with Gasteiger partial charge in [0.2, 0.25) is 0 Å². The van der Waals surface area contributed by atoms with Gasteiger partial charge in [-0.2, -0.15) is 0 Å². The van der Waals surface area contributed by atoms with Gasteiger partial charge >= 0.3 is 0 Å². The molecule has 3 aromatic rings. The summed E-state index contributed by atoms with van der Waals surface area (Å²) in [5.74, 6) is 1.57. The molecule has 2 aromatic carbocycles. The molecule has 0 unspecified atom stereocenters. The fourth-order valence-corrected chi connectivity index (χ4v) is 4.35. The summed E-state index contributed by atoms with van der Waals surface area (Å²) in [7, 11) is 0. The Bertz CT molecular complexity index is 904. The summed E-state index contributed by atoms with van der Waals surface area (Å²) in [5, 5.41) is 10.6. The van der Waals surface area contributed by atoms with E-state index in [2.05, 4.69) is 10.2 Å². The summed E-state index contributed by atoms with van der Waals surface area (Å²) < 4.78 is 15.6. The van der Waals surface area contributed by atoms with E-state index >= 15 is 0 Å². The number of rotatable bonds is 5. The Labute approximate surface area is 159 Å². The molecule has 0 radical (unpaired) electrons. The van der Waals surface area contributed by atoms with Crippen molar-refractivity contribution in [2.75, 3.05) is 0 Å². The Kier molecular flexibility index (Phi) is 4.71. The lowest BCUT2D eigenvalue weighted by atomic mass is 10.2. The van der Waals surface area contributed by atoms with E-state index in [0.717, 1.165) is 29.9 Å². The number of nitrogens with zero attached hydrogens (tertiary/aromatic N) is 3. The van der Waals surface area contributed by atoms with E-state index in [1.807, 2.05) is 28.8 Å². The lowest BCUT2D eigenvalue weighted by Crippen LogP contribution is -2.02. The van der Waals surface area contributed by atoms with Crippen molar-refractivity contribution in [3.8, 4) is 5.69 Å². The fourth-order valence-electron chi connectivity index (χ4n) is 2.65. The second-order valence-corrected chi connectivity index (χ2v) is 7.68.